The summed E-state index contributed by atoms with van der Waals surface area (Å²) in [5, 5.41) is 14.0. The van der Waals surface area contributed by atoms with E-state index in [1.54, 1.807) is 12.1 Å². The highest BCUT2D eigenvalue weighted by molar-refractivity contribution is 6.74. The van der Waals surface area contributed by atoms with E-state index in [4.69, 9.17) is 13.7 Å². The van der Waals surface area contributed by atoms with E-state index in [0.717, 1.165) is 31.5 Å². The van der Waals surface area contributed by atoms with Gasteiger partial charge < -0.3 is 13.7 Å². The Bertz CT molecular complexity index is 1470. The van der Waals surface area contributed by atoms with Crippen LogP contribution in [0.2, 0.25) is 18.1 Å². The van der Waals surface area contributed by atoms with Crippen LogP contribution in [-0.4, -0.2) is 61.5 Å². The summed E-state index contributed by atoms with van der Waals surface area (Å²) >= 11 is 0. The van der Waals surface area contributed by atoms with Crippen molar-refractivity contribution < 1.29 is 18.5 Å². The molecule has 0 N–H and O–H groups in total. The van der Waals surface area contributed by atoms with E-state index in [1.165, 1.54) is 11.1 Å². The number of carbonyl (C=O) groups excluding carboxylic acids is 1. The Hall–Kier alpha value is -3.32. The van der Waals surface area contributed by atoms with Gasteiger partial charge in [0.15, 0.2) is 8.32 Å². The van der Waals surface area contributed by atoms with Gasteiger partial charge in [0, 0.05) is 37.2 Å². The van der Waals surface area contributed by atoms with Crippen LogP contribution in [0.25, 0.3) is 22.8 Å². The molecule has 0 bridgehead atoms. The molecule has 0 radical (unpaired) electrons. The molecule has 0 saturated carbocycles. The van der Waals surface area contributed by atoms with Crippen LogP contribution < -0.4 is 4.74 Å². The number of fused-ring (bicyclic) bond motifs is 1. The Morgan fingerprint density at radius 1 is 1.07 bits per heavy atom. The van der Waals surface area contributed by atoms with Gasteiger partial charge in [-0.25, -0.2) is 0 Å². The van der Waals surface area contributed by atoms with Crippen molar-refractivity contribution in [2.45, 2.75) is 85.0 Å². The Balaban J connectivity index is 1.35. The van der Waals surface area contributed by atoms with E-state index in [0.29, 0.717) is 48.2 Å². The molecule has 230 valence electrons. The molecule has 8 nitrogen and oxygen atoms in total. The van der Waals surface area contributed by atoms with Crippen LogP contribution in [0.5, 0.6) is 5.75 Å². The van der Waals surface area contributed by atoms with E-state index < -0.39 is 8.32 Å². The lowest BCUT2D eigenvalue weighted by Crippen LogP contribution is -2.42. The molecule has 0 spiro atoms. The van der Waals surface area contributed by atoms with Crippen LogP contribution in [0.3, 0.4) is 0 Å². The Morgan fingerprint density at radius 2 is 1.77 bits per heavy atom. The zero-order chi connectivity index (χ0) is 31.4. The smallest absolute Gasteiger partial charge is 0.258 e. The average molecular weight is 603 g/mol. The quantitative estimate of drug-likeness (QED) is 0.215. The molecular formula is C34H46N4O4Si. The van der Waals surface area contributed by atoms with Crippen molar-refractivity contribution >= 4 is 14.1 Å². The standard InChI is InChI=1S/C34H46N4O4Si/c1-23(2)41-31-12-11-28(19-29(31)20-35)33-36-32(37-42-33)27-10-9-25-13-15-38(16-14-26(25)18-27)21-30(39)17-24(3)22-40-43(7,8)34(4,5)6/h9-12,18-19,23-24H,13-17,21-22H2,1-8H3/t24-/m0/s1. The first kappa shape index (κ1) is 32.6. The zero-order valence-corrected chi connectivity index (χ0v) is 28.0. The van der Waals surface area contributed by atoms with Crippen molar-refractivity contribution in [2.24, 2.45) is 5.92 Å². The SMILES string of the molecule is CC(C)Oc1ccc(-c2nc(-c3ccc4c(c3)CCN(CC(=O)C[C@H](C)CO[Si](C)(C)C(C)(C)C)CC4)no2)cc1C#N. The number of aromatic nitrogens is 2. The fourth-order valence-corrected chi connectivity index (χ4v) is 6.10. The third-order valence-electron chi connectivity index (χ3n) is 8.51. The van der Waals surface area contributed by atoms with Gasteiger partial charge in [0.25, 0.3) is 5.89 Å². The maximum atomic E-state index is 13.0. The molecule has 3 aromatic rings. The lowest BCUT2D eigenvalue weighted by molar-refractivity contribution is -0.121. The maximum Gasteiger partial charge on any atom is 0.258 e. The topological polar surface area (TPSA) is 101 Å². The normalized spacial score (nSPS) is 15.1. The van der Waals surface area contributed by atoms with Gasteiger partial charge in [0.1, 0.15) is 17.6 Å². The van der Waals surface area contributed by atoms with E-state index in [2.05, 4.69) is 74.0 Å². The average Bonchev–Trinajstić information content (AvgIpc) is 3.35. The summed E-state index contributed by atoms with van der Waals surface area (Å²) in [6, 6.07) is 13.8. The molecule has 0 fully saturated rings. The number of nitriles is 1. The summed E-state index contributed by atoms with van der Waals surface area (Å²) in [5.41, 5.74) is 4.51. The monoisotopic (exact) mass is 602 g/mol. The fraction of sp³-hybridized carbons (Fsp3) is 0.529. The van der Waals surface area contributed by atoms with E-state index in [1.807, 2.05) is 26.0 Å². The van der Waals surface area contributed by atoms with Crippen LogP contribution >= 0.6 is 0 Å². The number of ketones is 1. The van der Waals surface area contributed by atoms with Crippen LogP contribution in [0, 0.1) is 17.2 Å². The number of hydrogen-bond acceptors (Lipinski definition) is 8. The van der Waals surface area contributed by atoms with Gasteiger partial charge in [0.2, 0.25) is 5.82 Å². The summed E-state index contributed by atoms with van der Waals surface area (Å²) in [5.74, 6) is 1.88. The Labute approximate surface area is 257 Å². The Kier molecular flexibility index (Phi) is 10.3. The van der Waals surface area contributed by atoms with Crippen molar-refractivity contribution in [3.8, 4) is 34.7 Å². The minimum Gasteiger partial charge on any atom is -0.490 e. The lowest BCUT2D eigenvalue weighted by atomic mass is 10.00. The van der Waals surface area contributed by atoms with Crippen molar-refractivity contribution in [1.29, 1.82) is 5.26 Å². The number of Topliss-reactive ketones (excluding diaryl/α,β-unsaturated/α-hetero) is 1. The largest absolute Gasteiger partial charge is 0.490 e. The van der Waals surface area contributed by atoms with Gasteiger partial charge >= 0.3 is 0 Å². The molecule has 1 atom stereocenters. The van der Waals surface area contributed by atoms with Crippen LogP contribution in [0.4, 0.5) is 0 Å². The highest BCUT2D eigenvalue weighted by atomic mass is 28.4. The van der Waals surface area contributed by atoms with Crippen molar-refractivity contribution in [3.63, 3.8) is 0 Å². The van der Waals surface area contributed by atoms with Gasteiger partial charge in [-0.05, 0) is 86.1 Å². The first-order valence-corrected chi connectivity index (χ1v) is 18.2. The minimum absolute atomic E-state index is 0.0325. The van der Waals surface area contributed by atoms with Gasteiger partial charge in [0.05, 0.1) is 18.2 Å². The number of rotatable bonds is 11. The number of ether oxygens (including phenoxy) is 1. The van der Waals surface area contributed by atoms with Gasteiger partial charge in [-0.15, -0.1) is 0 Å². The van der Waals surface area contributed by atoms with E-state index in [-0.39, 0.29) is 22.8 Å². The van der Waals surface area contributed by atoms with Gasteiger partial charge in [-0.3, -0.25) is 9.69 Å². The second-order valence-electron chi connectivity index (χ2n) is 13.6. The summed E-state index contributed by atoms with van der Waals surface area (Å²) in [4.78, 5) is 19.9. The number of carbonyl (C=O) groups is 1. The lowest BCUT2D eigenvalue weighted by Gasteiger charge is -2.37. The molecule has 1 aliphatic rings. The summed E-state index contributed by atoms with van der Waals surface area (Å²) in [7, 11) is -1.81. The van der Waals surface area contributed by atoms with Gasteiger partial charge in [-0.1, -0.05) is 45.0 Å². The molecule has 2 heterocycles. The van der Waals surface area contributed by atoms with Crippen molar-refractivity contribution in [3.05, 3.63) is 53.1 Å². The first-order chi connectivity index (χ1) is 20.3. The molecular weight excluding hydrogens is 556 g/mol. The highest BCUT2D eigenvalue weighted by Gasteiger charge is 2.37. The summed E-state index contributed by atoms with van der Waals surface area (Å²) < 4.78 is 17.7. The maximum absolute atomic E-state index is 13.0. The zero-order valence-electron chi connectivity index (χ0n) is 27.0. The van der Waals surface area contributed by atoms with Crippen LogP contribution in [0.15, 0.2) is 40.9 Å². The third kappa shape index (κ3) is 8.41. The van der Waals surface area contributed by atoms with E-state index >= 15 is 0 Å². The predicted molar refractivity (Wildman–Crippen MR) is 171 cm³/mol. The summed E-state index contributed by atoms with van der Waals surface area (Å²) in [6.07, 6.45) is 2.27. The predicted octanol–water partition coefficient (Wildman–Crippen LogP) is 7.08. The van der Waals surface area contributed by atoms with E-state index in [9.17, 15) is 10.1 Å². The second kappa shape index (κ2) is 13.5. The third-order valence-corrected chi connectivity index (χ3v) is 13.0. The van der Waals surface area contributed by atoms with Crippen molar-refractivity contribution in [1.82, 2.24) is 15.0 Å². The second-order valence-corrected chi connectivity index (χ2v) is 18.4. The minimum atomic E-state index is -1.81. The Morgan fingerprint density at radius 3 is 2.44 bits per heavy atom. The fourth-order valence-electron chi connectivity index (χ4n) is 4.96. The van der Waals surface area contributed by atoms with Crippen molar-refractivity contribution in [2.75, 3.05) is 26.2 Å². The van der Waals surface area contributed by atoms with Crippen LogP contribution in [-0.2, 0) is 22.1 Å². The first-order valence-electron chi connectivity index (χ1n) is 15.3. The molecule has 0 unspecified atom stereocenters. The molecule has 4 rings (SSSR count). The number of benzene rings is 2. The van der Waals surface area contributed by atoms with Crippen LogP contribution in [0.1, 0.15) is 64.7 Å². The molecule has 9 heteroatoms. The summed E-state index contributed by atoms with van der Waals surface area (Å²) in [6.45, 7) is 20.0. The number of nitrogens with zero attached hydrogens (tertiary/aromatic N) is 4. The molecule has 1 aromatic heterocycles. The van der Waals surface area contributed by atoms with Gasteiger partial charge in [-0.2, -0.15) is 10.2 Å². The highest BCUT2D eigenvalue weighted by Crippen LogP contribution is 2.37. The molecule has 1 aliphatic heterocycles. The molecule has 0 amide bonds. The molecule has 43 heavy (non-hydrogen) atoms. The molecule has 0 saturated heterocycles. The number of hydrogen-bond donors (Lipinski definition) is 0. The molecule has 0 aliphatic carbocycles. The molecule has 2 aromatic carbocycles.